The van der Waals surface area contributed by atoms with Gasteiger partial charge in [0.1, 0.15) is 6.10 Å². The van der Waals surface area contributed by atoms with Gasteiger partial charge in [-0.3, -0.25) is 0 Å². The molecule has 3 aliphatic carbocycles. The summed E-state index contributed by atoms with van der Waals surface area (Å²) in [6.45, 7) is 12.2. The topological polar surface area (TPSA) is 119 Å². The van der Waals surface area contributed by atoms with Gasteiger partial charge in [-0.25, -0.2) is 4.79 Å². The molecule has 2 saturated carbocycles. The Labute approximate surface area is 230 Å². The summed E-state index contributed by atoms with van der Waals surface area (Å²) >= 11 is 0. The maximum Gasteiger partial charge on any atom is 0.333 e. The van der Waals surface area contributed by atoms with E-state index in [1.165, 1.54) is 0 Å². The van der Waals surface area contributed by atoms with Crippen molar-refractivity contribution in [2.45, 2.75) is 104 Å². The van der Waals surface area contributed by atoms with Gasteiger partial charge in [-0.2, -0.15) is 0 Å². The quantitative estimate of drug-likeness (QED) is 0.299. The Balaban J connectivity index is 1.59. The molecule has 5 aliphatic rings. The third-order valence-electron chi connectivity index (χ3n) is 11.6. The van der Waals surface area contributed by atoms with Gasteiger partial charge in [-0.05, 0) is 50.3 Å². The first-order chi connectivity index (χ1) is 18.4. The summed E-state index contributed by atoms with van der Waals surface area (Å²) in [5.41, 5.74) is 1.50. The van der Waals surface area contributed by atoms with E-state index in [-0.39, 0.29) is 30.6 Å². The van der Waals surface area contributed by atoms with Crippen molar-refractivity contribution in [3.8, 4) is 0 Å². The van der Waals surface area contributed by atoms with E-state index in [9.17, 15) is 20.1 Å². The molecule has 1 aromatic heterocycles. The molecular formula is C31H42O8. The lowest BCUT2D eigenvalue weighted by molar-refractivity contribution is -0.255. The van der Waals surface area contributed by atoms with Gasteiger partial charge >= 0.3 is 5.97 Å². The molecule has 2 saturated heterocycles. The second-order valence-corrected chi connectivity index (χ2v) is 13.3. The minimum Gasteiger partial charge on any atom is -0.472 e. The number of esters is 1. The van der Waals surface area contributed by atoms with E-state index in [0.717, 1.165) is 16.7 Å². The van der Waals surface area contributed by atoms with Crippen molar-refractivity contribution in [3.05, 3.63) is 47.0 Å². The summed E-state index contributed by atoms with van der Waals surface area (Å²) in [5, 5.41) is 34.3. The highest BCUT2D eigenvalue weighted by Gasteiger charge is 2.76. The van der Waals surface area contributed by atoms with Crippen molar-refractivity contribution in [3.63, 3.8) is 0 Å². The third-order valence-corrected chi connectivity index (χ3v) is 11.6. The first kappa shape index (κ1) is 27.2. The molecule has 8 nitrogen and oxygen atoms in total. The minimum absolute atomic E-state index is 0.0264. The van der Waals surface area contributed by atoms with Crippen LogP contribution in [0.15, 0.2) is 45.8 Å². The Morgan fingerprint density at radius 1 is 1.13 bits per heavy atom. The van der Waals surface area contributed by atoms with Crippen LogP contribution < -0.4 is 0 Å². The van der Waals surface area contributed by atoms with Crippen molar-refractivity contribution in [1.29, 1.82) is 0 Å². The second kappa shape index (κ2) is 9.02. The zero-order chi connectivity index (χ0) is 28.1. The maximum absolute atomic E-state index is 13.4. The van der Waals surface area contributed by atoms with Crippen molar-refractivity contribution >= 4 is 5.97 Å². The second-order valence-electron chi connectivity index (χ2n) is 13.3. The highest BCUT2D eigenvalue weighted by molar-refractivity contribution is 5.87. The molecule has 2 aliphatic heterocycles. The summed E-state index contributed by atoms with van der Waals surface area (Å²) in [6.07, 6.45) is 2.02. The van der Waals surface area contributed by atoms with Crippen LogP contribution in [0.4, 0.5) is 0 Å². The van der Waals surface area contributed by atoms with Crippen molar-refractivity contribution in [2.24, 2.45) is 28.1 Å². The molecule has 3 heterocycles. The maximum atomic E-state index is 13.4. The lowest BCUT2D eigenvalue weighted by atomic mass is 9.39. The standard InChI is InChI=1S/C31H42O8/c1-7-15(2)28(35)39-27-25-26-29(4,14-37-25)21(32)12-22(33)30(26,5)20-11-23(34)38-19-10-18(17-8-9-36-13-17)16(3)24(19)31(20,27)6/h7-9,13,18-23,25-27,32-34H,10-12,14H2,1-6H3. The predicted octanol–water partition coefficient (Wildman–Crippen LogP) is 3.86. The molecule has 0 amide bonds. The van der Waals surface area contributed by atoms with Crippen LogP contribution in [0.5, 0.6) is 0 Å². The number of aliphatic hydroxyl groups excluding tert-OH is 3. The number of carbonyl (C=O) groups is 1. The van der Waals surface area contributed by atoms with E-state index < -0.39 is 59.0 Å². The van der Waals surface area contributed by atoms with Gasteiger partial charge in [0.05, 0.1) is 43.5 Å². The number of furan rings is 1. The number of hydrogen-bond acceptors (Lipinski definition) is 8. The average Bonchev–Trinajstić information content (AvgIpc) is 3.60. The third kappa shape index (κ3) is 3.51. The zero-order valence-corrected chi connectivity index (χ0v) is 23.7. The molecule has 1 aromatic rings. The SMILES string of the molecule is CC=C(C)C(=O)OC1C2OCC3(C)C(O)CC(O)C(C)(C23)C2CC(O)OC3CC(c4ccoc4)C(C)=C3C12C. The van der Waals surface area contributed by atoms with Gasteiger partial charge in [-0.1, -0.05) is 32.4 Å². The monoisotopic (exact) mass is 542 g/mol. The fourth-order valence-corrected chi connectivity index (χ4v) is 9.55. The molecule has 12 atom stereocenters. The number of carbonyl (C=O) groups excluding carboxylic acids is 1. The van der Waals surface area contributed by atoms with Crippen molar-refractivity contribution in [1.82, 2.24) is 0 Å². The van der Waals surface area contributed by atoms with Gasteiger partial charge in [0.2, 0.25) is 0 Å². The number of ether oxygens (including phenoxy) is 3. The number of allylic oxidation sites excluding steroid dienone is 2. The fourth-order valence-electron chi connectivity index (χ4n) is 9.55. The molecule has 6 rings (SSSR count). The van der Waals surface area contributed by atoms with Crippen LogP contribution in [0.25, 0.3) is 0 Å². The Morgan fingerprint density at radius 3 is 2.54 bits per heavy atom. The van der Waals surface area contributed by atoms with Crippen molar-refractivity contribution in [2.75, 3.05) is 6.61 Å². The van der Waals surface area contributed by atoms with Gasteiger partial charge in [0, 0.05) is 46.5 Å². The van der Waals surface area contributed by atoms with Gasteiger partial charge in [0.25, 0.3) is 0 Å². The van der Waals surface area contributed by atoms with Gasteiger partial charge in [0.15, 0.2) is 6.29 Å². The summed E-state index contributed by atoms with van der Waals surface area (Å²) < 4.78 is 24.7. The van der Waals surface area contributed by atoms with E-state index in [0.29, 0.717) is 18.6 Å². The van der Waals surface area contributed by atoms with E-state index in [2.05, 4.69) is 20.8 Å². The molecule has 12 unspecified atom stereocenters. The number of hydrogen-bond donors (Lipinski definition) is 3. The molecule has 8 heteroatoms. The molecule has 0 aromatic carbocycles. The first-order valence-electron chi connectivity index (χ1n) is 14.3. The molecule has 3 N–H and O–H groups in total. The lowest BCUT2D eigenvalue weighted by Crippen LogP contribution is -2.71. The first-order valence-corrected chi connectivity index (χ1v) is 14.3. The highest BCUT2D eigenvalue weighted by Crippen LogP contribution is 2.72. The van der Waals surface area contributed by atoms with E-state index >= 15 is 0 Å². The van der Waals surface area contributed by atoms with Crippen LogP contribution in [0.3, 0.4) is 0 Å². The van der Waals surface area contributed by atoms with Gasteiger partial charge < -0.3 is 33.9 Å². The van der Waals surface area contributed by atoms with Crippen molar-refractivity contribution < 1.29 is 38.7 Å². The molecule has 39 heavy (non-hydrogen) atoms. The van der Waals surface area contributed by atoms with Crippen LogP contribution in [-0.2, 0) is 19.0 Å². The fraction of sp³-hybridized carbons (Fsp3) is 0.710. The van der Waals surface area contributed by atoms with E-state index in [4.69, 9.17) is 18.6 Å². The smallest absolute Gasteiger partial charge is 0.333 e. The van der Waals surface area contributed by atoms with Crippen LogP contribution >= 0.6 is 0 Å². The Bertz CT molecular complexity index is 1200. The van der Waals surface area contributed by atoms with Crippen LogP contribution in [-0.4, -0.2) is 64.7 Å². The molecule has 4 fully saturated rings. The molecule has 214 valence electrons. The average molecular weight is 543 g/mol. The summed E-state index contributed by atoms with van der Waals surface area (Å²) in [5.74, 6) is -0.989. The zero-order valence-electron chi connectivity index (χ0n) is 23.7. The summed E-state index contributed by atoms with van der Waals surface area (Å²) in [4.78, 5) is 13.4. The predicted molar refractivity (Wildman–Crippen MR) is 141 cm³/mol. The largest absolute Gasteiger partial charge is 0.472 e. The molecule has 0 radical (unpaired) electrons. The summed E-state index contributed by atoms with van der Waals surface area (Å²) in [7, 11) is 0. The Kier molecular flexibility index (Phi) is 6.29. The lowest BCUT2D eigenvalue weighted by Gasteiger charge is -2.66. The van der Waals surface area contributed by atoms with Gasteiger partial charge in [-0.15, -0.1) is 0 Å². The van der Waals surface area contributed by atoms with E-state index in [1.54, 1.807) is 32.4 Å². The van der Waals surface area contributed by atoms with Crippen LogP contribution in [0, 0.1) is 28.1 Å². The molecular weight excluding hydrogens is 500 g/mol. The molecule has 0 bridgehead atoms. The van der Waals surface area contributed by atoms with Crippen LogP contribution in [0.1, 0.15) is 72.3 Å². The Hall–Kier alpha value is -1.97. The number of aliphatic hydroxyl groups is 3. The normalized spacial score (nSPS) is 49.3. The number of rotatable bonds is 3. The Morgan fingerprint density at radius 2 is 1.87 bits per heavy atom. The number of fused-ring (bicyclic) bond motifs is 4. The highest BCUT2D eigenvalue weighted by atomic mass is 16.6. The summed E-state index contributed by atoms with van der Waals surface area (Å²) in [6, 6.07) is 1.96. The molecule has 0 spiro atoms. The van der Waals surface area contributed by atoms with Crippen LogP contribution in [0.2, 0.25) is 0 Å². The van der Waals surface area contributed by atoms with E-state index in [1.807, 2.05) is 13.0 Å². The minimum atomic E-state index is -1.05.